The molecule has 10 heteroatoms. The van der Waals surface area contributed by atoms with Crippen molar-refractivity contribution in [3.63, 3.8) is 0 Å². The lowest BCUT2D eigenvalue weighted by Gasteiger charge is -2.21. The van der Waals surface area contributed by atoms with Gasteiger partial charge in [-0.2, -0.15) is 0 Å². The molecule has 3 N–H and O–H groups in total. The van der Waals surface area contributed by atoms with E-state index in [-0.39, 0.29) is 11.9 Å². The van der Waals surface area contributed by atoms with Crippen LogP contribution in [0, 0.1) is 12.8 Å². The summed E-state index contributed by atoms with van der Waals surface area (Å²) < 4.78 is 5.37. The van der Waals surface area contributed by atoms with Crippen LogP contribution in [0.3, 0.4) is 0 Å². The Morgan fingerprint density at radius 1 is 1.21 bits per heavy atom. The summed E-state index contributed by atoms with van der Waals surface area (Å²) >= 11 is 0. The zero-order valence-electron chi connectivity index (χ0n) is 23.0. The molecule has 1 aromatic carbocycles. The zero-order valence-corrected chi connectivity index (χ0v) is 23.0. The number of carbonyl (C=O) groups is 2. The van der Waals surface area contributed by atoms with E-state index in [9.17, 15) is 9.59 Å². The minimum Gasteiger partial charge on any atom is -0.444 e. The summed E-state index contributed by atoms with van der Waals surface area (Å²) in [6.45, 7) is 13.3. The minimum atomic E-state index is -0.572. The monoisotopic (exact) mass is 519 g/mol. The third kappa shape index (κ3) is 7.08. The summed E-state index contributed by atoms with van der Waals surface area (Å²) in [5, 5.41) is 10.1. The average molecular weight is 520 g/mol. The molecular weight excluding hydrogens is 482 g/mol. The molecule has 0 spiro atoms. The van der Waals surface area contributed by atoms with Crippen LogP contribution < -0.4 is 20.9 Å². The summed E-state index contributed by atoms with van der Waals surface area (Å²) in [6.07, 6.45) is 2.30. The highest BCUT2D eigenvalue weighted by Crippen LogP contribution is 2.30. The number of aromatic nitrogens is 3. The maximum atomic E-state index is 12.2. The van der Waals surface area contributed by atoms with Crippen molar-refractivity contribution in [3.8, 4) is 0 Å². The number of anilines is 3. The number of ether oxygens (including phenoxy) is 1. The summed E-state index contributed by atoms with van der Waals surface area (Å²) in [6, 6.07) is 9.59. The number of pyridine rings is 1. The van der Waals surface area contributed by atoms with Crippen LogP contribution in [0.1, 0.15) is 58.5 Å². The molecule has 0 saturated carbocycles. The van der Waals surface area contributed by atoms with Gasteiger partial charge in [-0.25, -0.2) is 19.7 Å². The van der Waals surface area contributed by atoms with E-state index < -0.39 is 11.7 Å². The van der Waals surface area contributed by atoms with Gasteiger partial charge in [0.1, 0.15) is 23.1 Å². The molecule has 0 radical (unpaired) electrons. The van der Waals surface area contributed by atoms with Crippen LogP contribution in [0.2, 0.25) is 0 Å². The fourth-order valence-electron chi connectivity index (χ4n) is 4.51. The van der Waals surface area contributed by atoms with Gasteiger partial charge in [0.15, 0.2) is 0 Å². The number of hydrogen-bond acceptors (Lipinski definition) is 8. The fourth-order valence-corrected chi connectivity index (χ4v) is 4.51. The van der Waals surface area contributed by atoms with E-state index in [0.717, 1.165) is 47.6 Å². The highest BCUT2D eigenvalue weighted by molar-refractivity contribution is 5.91. The van der Waals surface area contributed by atoms with E-state index in [1.54, 1.807) is 13.1 Å². The van der Waals surface area contributed by atoms with Gasteiger partial charge < -0.3 is 20.3 Å². The minimum absolute atomic E-state index is 0.00390. The number of aryl methyl sites for hydroxylation is 1. The van der Waals surface area contributed by atoms with Crippen LogP contribution >= 0.6 is 0 Å². The van der Waals surface area contributed by atoms with Crippen molar-refractivity contribution in [1.82, 2.24) is 20.3 Å². The Hall–Kier alpha value is -3.95. The van der Waals surface area contributed by atoms with Gasteiger partial charge in [-0.15, -0.1) is 0 Å². The van der Waals surface area contributed by atoms with Crippen molar-refractivity contribution in [2.75, 3.05) is 35.2 Å². The van der Waals surface area contributed by atoms with E-state index in [1.807, 2.05) is 65.0 Å². The number of fused-ring (bicyclic) bond motifs is 1. The van der Waals surface area contributed by atoms with Gasteiger partial charge in [0.2, 0.25) is 5.91 Å². The third-order valence-corrected chi connectivity index (χ3v) is 6.31. The molecule has 0 unspecified atom stereocenters. The lowest BCUT2D eigenvalue weighted by molar-refractivity contribution is -0.119. The van der Waals surface area contributed by atoms with Gasteiger partial charge in [0, 0.05) is 37.6 Å². The molecule has 3 aromatic rings. The lowest BCUT2D eigenvalue weighted by Crippen LogP contribution is -2.29. The van der Waals surface area contributed by atoms with Crippen molar-refractivity contribution < 1.29 is 14.3 Å². The van der Waals surface area contributed by atoms with Gasteiger partial charge in [0.25, 0.3) is 0 Å². The van der Waals surface area contributed by atoms with Gasteiger partial charge in [-0.1, -0.05) is 12.1 Å². The van der Waals surface area contributed by atoms with Crippen molar-refractivity contribution in [1.29, 1.82) is 0 Å². The van der Waals surface area contributed by atoms with Crippen LogP contribution in [0.5, 0.6) is 0 Å². The predicted molar refractivity (Wildman–Crippen MR) is 149 cm³/mol. The Bertz CT molecular complexity index is 1320. The lowest BCUT2D eigenvalue weighted by atomic mass is 10.1. The Morgan fingerprint density at radius 2 is 2.00 bits per heavy atom. The second-order valence-electron chi connectivity index (χ2n) is 10.8. The van der Waals surface area contributed by atoms with Crippen molar-refractivity contribution in [2.45, 2.75) is 59.6 Å². The molecule has 0 aliphatic carbocycles. The van der Waals surface area contributed by atoms with Crippen molar-refractivity contribution in [2.24, 2.45) is 5.92 Å². The Morgan fingerprint density at radius 3 is 2.74 bits per heavy atom. The Balaban J connectivity index is 1.52. The number of benzene rings is 1. The number of carbonyl (C=O) groups excluding carboxylic acids is 2. The molecule has 2 amide bonds. The first kappa shape index (κ1) is 27.1. The molecule has 2 aromatic heterocycles. The van der Waals surface area contributed by atoms with E-state index in [2.05, 4.69) is 30.8 Å². The number of nitrogens with zero attached hydrogens (tertiary/aromatic N) is 4. The maximum absolute atomic E-state index is 12.2. The largest absolute Gasteiger partial charge is 0.444 e. The average Bonchev–Trinajstić information content (AvgIpc) is 3.30. The zero-order chi connectivity index (χ0) is 27.4. The van der Waals surface area contributed by atoms with Gasteiger partial charge in [-0.3, -0.25) is 10.1 Å². The first-order valence-electron chi connectivity index (χ1n) is 13.0. The molecule has 1 fully saturated rings. The summed E-state index contributed by atoms with van der Waals surface area (Å²) in [5.74, 6) is 2.64. The molecule has 1 aliphatic rings. The number of amides is 2. The highest BCUT2D eigenvalue weighted by Gasteiger charge is 2.24. The first-order chi connectivity index (χ1) is 18.0. The summed E-state index contributed by atoms with van der Waals surface area (Å²) in [5.41, 5.74) is 1.84. The number of hydrogen-bond donors (Lipinski definition) is 3. The molecule has 1 saturated heterocycles. The first-order valence-corrected chi connectivity index (χ1v) is 13.0. The fraction of sp³-hybridized carbons (Fsp3) is 0.464. The Labute approximate surface area is 223 Å². The molecule has 3 heterocycles. The molecule has 4 rings (SSSR count). The molecule has 10 nitrogen and oxygen atoms in total. The SMILES string of the molecule is CC(=O)NC[C@@H]1CCN(c2cc3c(N[C@@H](C)c4cccc(NC(=O)OC(C)(C)C)c4)nc(C)nc3cn2)C1. The second-order valence-corrected chi connectivity index (χ2v) is 10.8. The predicted octanol–water partition coefficient (Wildman–Crippen LogP) is 4.82. The van der Waals surface area contributed by atoms with Gasteiger partial charge in [-0.05, 0) is 70.7 Å². The molecule has 38 heavy (non-hydrogen) atoms. The maximum Gasteiger partial charge on any atom is 0.412 e. The topological polar surface area (TPSA) is 121 Å². The van der Waals surface area contributed by atoms with Crippen LogP contribution in [0.15, 0.2) is 36.5 Å². The quantitative estimate of drug-likeness (QED) is 0.406. The standard InChI is InChI=1S/C28H37N7O3/c1-17(21-8-7-9-22(12-21)34-27(37)38-28(4,5)6)31-26-23-13-25(30-15-24(23)32-18(2)33-26)35-11-10-20(16-35)14-29-19(3)36/h7-9,12-13,15,17,20H,10-11,14,16H2,1-6H3,(H,29,36)(H,34,37)(H,31,32,33)/t17-,20-/m0/s1. The number of nitrogens with one attached hydrogen (secondary N) is 3. The van der Waals surface area contributed by atoms with Crippen LogP contribution in [0.4, 0.5) is 22.1 Å². The molecule has 202 valence electrons. The Kier molecular flexibility index (Phi) is 7.99. The van der Waals surface area contributed by atoms with E-state index >= 15 is 0 Å². The molecule has 0 bridgehead atoms. The molecular formula is C28H37N7O3. The van der Waals surface area contributed by atoms with E-state index in [1.165, 1.54) is 0 Å². The van der Waals surface area contributed by atoms with E-state index in [4.69, 9.17) is 9.72 Å². The van der Waals surface area contributed by atoms with Gasteiger partial charge >= 0.3 is 6.09 Å². The van der Waals surface area contributed by atoms with Crippen LogP contribution in [-0.2, 0) is 9.53 Å². The highest BCUT2D eigenvalue weighted by atomic mass is 16.6. The third-order valence-electron chi connectivity index (χ3n) is 6.31. The van der Waals surface area contributed by atoms with Crippen LogP contribution in [-0.4, -0.2) is 52.2 Å². The second kappa shape index (κ2) is 11.2. The molecule has 1 aliphatic heterocycles. The molecule has 2 atom stereocenters. The van der Waals surface area contributed by atoms with Crippen molar-refractivity contribution in [3.05, 3.63) is 47.9 Å². The van der Waals surface area contributed by atoms with Gasteiger partial charge in [0.05, 0.1) is 17.8 Å². The summed E-state index contributed by atoms with van der Waals surface area (Å²) in [4.78, 5) is 39.7. The number of rotatable bonds is 7. The normalized spacial score (nSPS) is 16.3. The van der Waals surface area contributed by atoms with E-state index in [0.29, 0.717) is 24.0 Å². The van der Waals surface area contributed by atoms with Crippen LogP contribution in [0.25, 0.3) is 10.9 Å². The van der Waals surface area contributed by atoms with Crippen molar-refractivity contribution >= 4 is 40.2 Å². The summed E-state index contributed by atoms with van der Waals surface area (Å²) in [7, 11) is 0. The smallest absolute Gasteiger partial charge is 0.412 e.